The van der Waals surface area contributed by atoms with E-state index < -0.39 is 0 Å². The average Bonchev–Trinajstić information content (AvgIpc) is 2.84. The summed E-state index contributed by atoms with van der Waals surface area (Å²) >= 11 is 0. The third-order valence-electron chi connectivity index (χ3n) is 5.85. The second-order valence-electron chi connectivity index (χ2n) is 7.73. The highest BCUT2D eigenvalue weighted by atomic mass is 16.5. The molecule has 0 unspecified atom stereocenters. The van der Waals surface area contributed by atoms with E-state index in [1.165, 1.54) is 5.56 Å². The number of fused-ring (bicyclic) bond motifs is 4. The minimum absolute atomic E-state index is 0.106. The van der Waals surface area contributed by atoms with Crippen molar-refractivity contribution in [2.45, 2.75) is 39.3 Å². The van der Waals surface area contributed by atoms with E-state index in [-0.39, 0.29) is 12.0 Å². The summed E-state index contributed by atoms with van der Waals surface area (Å²) in [6, 6.07) is 10.6. The molecule has 1 amide bonds. The maximum Gasteiger partial charge on any atom is 0.227 e. The van der Waals surface area contributed by atoms with Crippen molar-refractivity contribution in [1.29, 1.82) is 0 Å². The summed E-state index contributed by atoms with van der Waals surface area (Å²) in [4.78, 5) is 17.5. The lowest BCUT2D eigenvalue weighted by atomic mass is 9.93. The van der Waals surface area contributed by atoms with E-state index in [9.17, 15) is 4.79 Å². The summed E-state index contributed by atoms with van der Waals surface area (Å²) in [5.74, 6) is 1.22. The van der Waals surface area contributed by atoms with Crippen LogP contribution in [0.5, 0.6) is 0 Å². The fraction of sp³-hybridized carbons (Fsp3) is 0.455. The van der Waals surface area contributed by atoms with Gasteiger partial charge in [0.2, 0.25) is 5.91 Å². The summed E-state index contributed by atoms with van der Waals surface area (Å²) in [6.07, 6.45) is 6.46. The zero-order valence-corrected chi connectivity index (χ0v) is 16.1. The Hall–Kier alpha value is -2.40. The molecule has 0 radical (unpaired) electrons. The maximum atomic E-state index is 13.0. The van der Waals surface area contributed by atoms with Crippen LogP contribution >= 0.6 is 0 Å². The van der Waals surface area contributed by atoms with Crippen molar-refractivity contribution in [3.8, 4) is 0 Å². The first-order valence-corrected chi connectivity index (χ1v) is 9.78. The topological polar surface area (TPSA) is 49.6 Å². The first kappa shape index (κ1) is 18.0. The van der Waals surface area contributed by atoms with E-state index in [4.69, 9.17) is 4.52 Å². The third kappa shape index (κ3) is 3.83. The number of amides is 1. The Morgan fingerprint density at radius 3 is 2.74 bits per heavy atom. The quantitative estimate of drug-likeness (QED) is 0.815. The summed E-state index contributed by atoms with van der Waals surface area (Å²) in [5, 5.41) is 4.04. The highest BCUT2D eigenvalue weighted by Crippen LogP contribution is 2.31. The Bertz CT molecular complexity index is 808. The molecule has 3 aliphatic heterocycles. The molecule has 4 heterocycles. The molecule has 0 spiro atoms. The zero-order valence-electron chi connectivity index (χ0n) is 16.1. The first-order chi connectivity index (χ1) is 13.1. The molecule has 0 saturated carbocycles. The summed E-state index contributed by atoms with van der Waals surface area (Å²) < 4.78 is 5.29. The van der Waals surface area contributed by atoms with Gasteiger partial charge in [-0.05, 0) is 32.3 Å². The lowest BCUT2D eigenvalue weighted by molar-refractivity contribution is -0.140. The van der Waals surface area contributed by atoms with Crippen LogP contribution < -0.4 is 0 Å². The Kier molecular flexibility index (Phi) is 5.12. The predicted octanol–water partition coefficient (Wildman–Crippen LogP) is 3.43. The lowest BCUT2D eigenvalue weighted by Crippen LogP contribution is -2.47. The fourth-order valence-corrected chi connectivity index (χ4v) is 4.29. The van der Waals surface area contributed by atoms with Crippen LogP contribution in [0, 0.1) is 19.8 Å². The van der Waals surface area contributed by atoms with Gasteiger partial charge in [-0.1, -0.05) is 47.6 Å². The zero-order chi connectivity index (χ0) is 18.8. The molecule has 142 valence electrons. The number of carbonyl (C=O) groups excluding carboxylic acids is 1. The van der Waals surface area contributed by atoms with Crippen molar-refractivity contribution in [2.75, 3.05) is 19.6 Å². The fourth-order valence-electron chi connectivity index (χ4n) is 4.29. The third-order valence-corrected chi connectivity index (χ3v) is 5.85. The van der Waals surface area contributed by atoms with Crippen LogP contribution in [0.4, 0.5) is 0 Å². The van der Waals surface area contributed by atoms with Gasteiger partial charge in [-0.25, -0.2) is 0 Å². The Morgan fingerprint density at radius 1 is 1.19 bits per heavy atom. The van der Waals surface area contributed by atoms with E-state index >= 15 is 0 Å². The Morgan fingerprint density at radius 2 is 2.00 bits per heavy atom. The second-order valence-corrected chi connectivity index (χ2v) is 7.73. The number of nitrogens with zero attached hydrogens (tertiary/aromatic N) is 3. The molecule has 1 aromatic heterocycles. The van der Waals surface area contributed by atoms with Gasteiger partial charge < -0.3 is 9.42 Å². The molecular formula is C22H27N3O2. The Labute approximate surface area is 160 Å². The van der Waals surface area contributed by atoms with Crippen molar-refractivity contribution in [3.05, 3.63) is 59.0 Å². The molecule has 0 N–H and O–H groups in total. The van der Waals surface area contributed by atoms with Gasteiger partial charge in [0.1, 0.15) is 5.76 Å². The van der Waals surface area contributed by atoms with Gasteiger partial charge >= 0.3 is 0 Å². The minimum atomic E-state index is 0.106. The van der Waals surface area contributed by atoms with Gasteiger partial charge in [-0.15, -0.1) is 0 Å². The van der Waals surface area contributed by atoms with Crippen LogP contribution in [0.2, 0.25) is 0 Å². The van der Waals surface area contributed by atoms with Crippen LogP contribution in [0.1, 0.15) is 35.4 Å². The molecule has 5 rings (SSSR count). The summed E-state index contributed by atoms with van der Waals surface area (Å²) in [6.45, 7) is 7.17. The van der Waals surface area contributed by atoms with E-state index in [2.05, 4.69) is 51.4 Å². The molecule has 2 bridgehead atoms. The summed E-state index contributed by atoms with van der Waals surface area (Å²) in [7, 11) is 0. The van der Waals surface area contributed by atoms with Crippen LogP contribution in [0.15, 0.2) is 40.9 Å². The number of hydrogen-bond donors (Lipinski definition) is 0. The van der Waals surface area contributed by atoms with Gasteiger partial charge in [0.05, 0.1) is 18.2 Å². The van der Waals surface area contributed by atoms with Crippen molar-refractivity contribution in [2.24, 2.45) is 5.92 Å². The molecule has 3 saturated heterocycles. The molecule has 2 aromatic rings. The number of piperidine rings is 1. The van der Waals surface area contributed by atoms with Crippen LogP contribution in [0.3, 0.4) is 0 Å². The lowest BCUT2D eigenvalue weighted by Gasteiger charge is -2.36. The smallest absolute Gasteiger partial charge is 0.227 e. The normalized spacial score (nSPS) is 23.3. The van der Waals surface area contributed by atoms with Crippen molar-refractivity contribution in [1.82, 2.24) is 15.0 Å². The predicted molar refractivity (Wildman–Crippen MR) is 105 cm³/mol. The van der Waals surface area contributed by atoms with Crippen LogP contribution in [0.25, 0.3) is 6.08 Å². The van der Waals surface area contributed by atoms with Crippen molar-refractivity contribution in [3.63, 3.8) is 0 Å². The van der Waals surface area contributed by atoms with E-state index in [1.807, 2.05) is 19.9 Å². The highest BCUT2D eigenvalue weighted by Gasteiger charge is 2.40. The van der Waals surface area contributed by atoms with Crippen molar-refractivity contribution >= 4 is 12.0 Å². The number of benzene rings is 1. The molecular weight excluding hydrogens is 338 g/mol. The summed E-state index contributed by atoms with van der Waals surface area (Å²) in [5.41, 5.74) is 3.17. The van der Waals surface area contributed by atoms with Gasteiger partial charge in [0, 0.05) is 31.2 Å². The highest BCUT2D eigenvalue weighted by molar-refractivity contribution is 5.80. The van der Waals surface area contributed by atoms with Crippen molar-refractivity contribution < 1.29 is 9.32 Å². The second kappa shape index (κ2) is 7.69. The number of carbonyl (C=O) groups is 1. The molecule has 27 heavy (non-hydrogen) atoms. The molecule has 1 aromatic carbocycles. The standard InChI is InChI=1S/C22H27N3O2/c1-16-21(17(2)27-23-16)15-25-20-11-10-19(22(25)26)13-24(14-20)12-6-9-18-7-4-3-5-8-18/h3-9,19-20H,10-15H2,1-2H3/t19-,20+/m0/s1. The van der Waals surface area contributed by atoms with Crippen LogP contribution in [-0.2, 0) is 11.3 Å². The monoisotopic (exact) mass is 365 g/mol. The molecule has 5 heteroatoms. The minimum Gasteiger partial charge on any atom is -0.361 e. The number of aryl methyl sites for hydroxylation is 2. The maximum absolute atomic E-state index is 13.0. The molecule has 3 fully saturated rings. The van der Waals surface area contributed by atoms with E-state index in [0.717, 1.165) is 49.5 Å². The molecule has 0 aliphatic carbocycles. The number of rotatable bonds is 5. The molecule has 3 aliphatic rings. The van der Waals surface area contributed by atoms with Crippen LogP contribution in [-0.4, -0.2) is 46.5 Å². The van der Waals surface area contributed by atoms with E-state index in [0.29, 0.717) is 12.5 Å². The van der Waals surface area contributed by atoms with Gasteiger partial charge in [-0.3, -0.25) is 9.69 Å². The van der Waals surface area contributed by atoms with Gasteiger partial charge in [0.25, 0.3) is 0 Å². The SMILES string of the molecule is Cc1noc(C)c1CN1C(=O)[C@H]2CC[C@@H]1CN(CC=Cc1ccccc1)C2. The first-order valence-electron chi connectivity index (χ1n) is 9.78. The van der Waals surface area contributed by atoms with Gasteiger partial charge in [0.15, 0.2) is 0 Å². The van der Waals surface area contributed by atoms with Gasteiger partial charge in [-0.2, -0.15) is 0 Å². The number of aromatic nitrogens is 1. The molecule has 5 nitrogen and oxygen atoms in total. The Balaban J connectivity index is 1.45. The largest absolute Gasteiger partial charge is 0.361 e. The van der Waals surface area contributed by atoms with E-state index in [1.54, 1.807) is 0 Å². The average molecular weight is 365 g/mol. The molecule has 2 atom stereocenters. The number of hydrogen-bond acceptors (Lipinski definition) is 4.